The fourth-order valence-corrected chi connectivity index (χ4v) is 3.24. The molecule has 0 N–H and O–H groups in total. The fourth-order valence-electron chi connectivity index (χ4n) is 2.97. The Morgan fingerprint density at radius 1 is 1.30 bits per heavy atom. The van der Waals surface area contributed by atoms with E-state index in [0.717, 1.165) is 42.5 Å². The van der Waals surface area contributed by atoms with Crippen LogP contribution in [-0.4, -0.2) is 4.57 Å². The molecule has 0 unspecified atom stereocenters. The third-order valence-electron chi connectivity index (χ3n) is 3.99. The van der Waals surface area contributed by atoms with E-state index in [0.29, 0.717) is 10.4 Å². The zero-order chi connectivity index (χ0) is 14.1. The van der Waals surface area contributed by atoms with Crippen LogP contribution in [0, 0.1) is 0 Å². The Labute approximate surface area is 123 Å². The molecule has 0 aliphatic heterocycles. The maximum absolute atomic E-state index is 12.9. The number of aryl methyl sites for hydroxylation is 1. The first-order valence-electron chi connectivity index (χ1n) is 7.25. The van der Waals surface area contributed by atoms with E-state index in [4.69, 9.17) is 11.6 Å². The monoisotopic (exact) mass is 287 g/mol. The van der Waals surface area contributed by atoms with Gasteiger partial charge in [0.1, 0.15) is 0 Å². The molecule has 0 amide bonds. The number of fused-ring (bicyclic) bond motifs is 1. The van der Waals surface area contributed by atoms with Gasteiger partial charge in [0.15, 0.2) is 0 Å². The highest BCUT2D eigenvalue weighted by Gasteiger charge is 2.15. The Morgan fingerprint density at radius 3 is 2.85 bits per heavy atom. The second kappa shape index (κ2) is 5.45. The molecule has 2 aromatic rings. The van der Waals surface area contributed by atoms with Crippen molar-refractivity contribution >= 4 is 28.1 Å². The van der Waals surface area contributed by atoms with Gasteiger partial charge in [-0.3, -0.25) is 9.36 Å². The average Bonchev–Trinajstić information content (AvgIpc) is 2.47. The Kier molecular flexibility index (Phi) is 3.66. The lowest BCUT2D eigenvalue weighted by molar-refractivity contribution is 0.705. The molecule has 1 aromatic heterocycles. The normalized spacial score (nSPS) is 15.4. The van der Waals surface area contributed by atoms with Crippen LogP contribution >= 0.6 is 11.6 Å². The van der Waals surface area contributed by atoms with Gasteiger partial charge in [-0.2, -0.15) is 0 Å². The lowest BCUT2D eigenvalue weighted by Crippen LogP contribution is -2.24. The van der Waals surface area contributed by atoms with Crippen molar-refractivity contribution < 1.29 is 0 Å². The van der Waals surface area contributed by atoms with E-state index >= 15 is 0 Å². The number of benzene rings is 1. The molecule has 0 bridgehead atoms. The predicted molar refractivity (Wildman–Crippen MR) is 85.3 cm³/mol. The summed E-state index contributed by atoms with van der Waals surface area (Å²) in [5.41, 5.74) is 2.23. The van der Waals surface area contributed by atoms with E-state index in [9.17, 15) is 4.79 Å². The first-order chi connectivity index (χ1) is 9.72. The maximum atomic E-state index is 12.9. The van der Waals surface area contributed by atoms with Gasteiger partial charge < -0.3 is 0 Å². The molecule has 0 saturated carbocycles. The van der Waals surface area contributed by atoms with Gasteiger partial charge in [0, 0.05) is 11.4 Å². The van der Waals surface area contributed by atoms with Crippen LogP contribution in [0.2, 0.25) is 5.02 Å². The van der Waals surface area contributed by atoms with Crippen LogP contribution in [0.25, 0.3) is 16.5 Å². The zero-order valence-corrected chi connectivity index (χ0v) is 12.4. The van der Waals surface area contributed by atoms with Crippen molar-refractivity contribution in [2.45, 2.75) is 39.0 Å². The van der Waals surface area contributed by atoms with Gasteiger partial charge in [-0.25, -0.2) is 0 Å². The van der Waals surface area contributed by atoms with Gasteiger partial charge in [-0.15, -0.1) is 0 Å². The van der Waals surface area contributed by atoms with Crippen LogP contribution < -0.4 is 5.56 Å². The molecule has 0 spiro atoms. The quantitative estimate of drug-likeness (QED) is 0.789. The number of hydrogen-bond donors (Lipinski definition) is 0. The van der Waals surface area contributed by atoms with Gasteiger partial charge in [-0.1, -0.05) is 36.7 Å². The molecule has 1 aliphatic rings. The molecule has 0 saturated heterocycles. The molecule has 3 rings (SSSR count). The van der Waals surface area contributed by atoms with Crippen LogP contribution in [0.3, 0.4) is 0 Å². The highest BCUT2D eigenvalue weighted by molar-refractivity contribution is 6.35. The van der Waals surface area contributed by atoms with Crippen molar-refractivity contribution in [1.29, 1.82) is 0 Å². The number of hydrogen-bond acceptors (Lipinski definition) is 1. The van der Waals surface area contributed by atoms with Gasteiger partial charge in [0.2, 0.25) is 0 Å². The van der Waals surface area contributed by atoms with E-state index < -0.39 is 0 Å². The van der Waals surface area contributed by atoms with Crippen LogP contribution in [-0.2, 0) is 6.42 Å². The molecule has 104 valence electrons. The number of aromatic nitrogens is 1. The third kappa shape index (κ3) is 2.18. The summed E-state index contributed by atoms with van der Waals surface area (Å²) in [5.74, 6) is 0. The van der Waals surface area contributed by atoms with Crippen molar-refractivity contribution in [3.63, 3.8) is 0 Å². The molecule has 1 aliphatic carbocycles. The third-order valence-corrected chi connectivity index (χ3v) is 4.30. The molecule has 0 fully saturated rings. The first kappa shape index (κ1) is 13.4. The number of rotatable bonds is 2. The molecule has 1 heterocycles. The molecule has 20 heavy (non-hydrogen) atoms. The van der Waals surface area contributed by atoms with E-state index in [1.807, 2.05) is 16.7 Å². The lowest BCUT2D eigenvalue weighted by atomic mass is 10.0. The minimum absolute atomic E-state index is 0.0260. The van der Waals surface area contributed by atoms with Crippen LogP contribution in [0.4, 0.5) is 0 Å². The summed E-state index contributed by atoms with van der Waals surface area (Å²) in [5, 5.41) is 2.12. The Balaban J connectivity index is 2.35. The molecular weight excluding hydrogens is 270 g/mol. The highest BCUT2D eigenvalue weighted by Crippen LogP contribution is 2.26. The first-order valence-corrected chi connectivity index (χ1v) is 7.62. The summed E-state index contributed by atoms with van der Waals surface area (Å²) in [6.07, 6.45) is 7.45. The van der Waals surface area contributed by atoms with Gasteiger partial charge in [0.05, 0.1) is 10.4 Å². The minimum atomic E-state index is 0.0260. The van der Waals surface area contributed by atoms with Crippen molar-refractivity contribution in [3.8, 4) is 0 Å². The van der Waals surface area contributed by atoms with Crippen molar-refractivity contribution in [2.75, 3.05) is 0 Å². The summed E-state index contributed by atoms with van der Waals surface area (Å²) in [6, 6.07) is 7.74. The summed E-state index contributed by atoms with van der Waals surface area (Å²) in [6.45, 7) is 2.09. The molecule has 2 nitrogen and oxygen atoms in total. The van der Waals surface area contributed by atoms with Crippen molar-refractivity contribution in [1.82, 2.24) is 4.57 Å². The maximum Gasteiger partial charge on any atom is 0.264 e. The zero-order valence-electron chi connectivity index (χ0n) is 11.7. The molecular formula is C17H18ClNO. The summed E-state index contributed by atoms with van der Waals surface area (Å²) in [7, 11) is 0. The summed E-state index contributed by atoms with van der Waals surface area (Å²) >= 11 is 6.24. The van der Waals surface area contributed by atoms with E-state index in [2.05, 4.69) is 19.1 Å². The van der Waals surface area contributed by atoms with E-state index in [1.54, 1.807) is 6.07 Å². The Hall–Kier alpha value is -1.54. The van der Waals surface area contributed by atoms with E-state index in [1.165, 1.54) is 6.42 Å². The largest absolute Gasteiger partial charge is 0.285 e. The van der Waals surface area contributed by atoms with Crippen LogP contribution in [0.5, 0.6) is 0 Å². The minimum Gasteiger partial charge on any atom is -0.285 e. The standard InChI is InChI=1S/C17H18ClNO/c1-2-13-11-12-7-6-10-15(18)16(12)17(20)19(13)14-8-4-3-5-9-14/h6-8,10-11H,2-5,9H2,1H3. The number of pyridine rings is 1. The van der Waals surface area contributed by atoms with Gasteiger partial charge in [0.25, 0.3) is 5.56 Å². The number of allylic oxidation sites excluding steroid dienone is 2. The van der Waals surface area contributed by atoms with Crippen LogP contribution in [0.15, 0.2) is 35.1 Å². The van der Waals surface area contributed by atoms with Crippen molar-refractivity contribution in [2.24, 2.45) is 0 Å². The smallest absolute Gasteiger partial charge is 0.264 e. The summed E-state index contributed by atoms with van der Waals surface area (Å²) < 4.78 is 1.88. The van der Waals surface area contributed by atoms with Crippen LogP contribution in [0.1, 0.15) is 38.3 Å². The predicted octanol–water partition coefficient (Wildman–Crippen LogP) is 4.63. The number of halogens is 1. The molecule has 0 atom stereocenters. The lowest BCUT2D eigenvalue weighted by Gasteiger charge is -2.19. The van der Waals surface area contributed by atoms with E-state index in [-0.39, 0.29) is 5.56 Å². The fraction of sp³-hybridized carbons (Fsp3) is 0.353. The molecule has 3 heteroatoms. The second-order valence-corrected chi connectivity index (χ2v) is 5.68. The Morgan fingerprint density at radius 2 is 2.15 bits per heavy atom. The average molecular weight is 288 g/mol. The van der Waals surface area contributed by atoms with Gasteiger partial charge in [-0.05, 0) is 49.6 Å². The topological polar surface area (TPSA) is 22.0 Å². The SMILES string of the molecule is CCc1cc2cccc(Cl)c2c(=O)n1C1=CCCCC1. The number of nitrogens with zero attached hydrogens (tertiary/aromatic N) is 1. The van der Waals surface area contributed by atoms with Crippen molar-refractivity contribution in [3.05, 3.63) is 51.4 Å². The molecule has 0 radical (unpaired) electrons. The highest BCUT2D eigenvalue weighted by atomic mass is 35.5. The summed E-state index contributed by atoms with van der Waals surface area (Å²) in [4.78, 5) is 12.9. The van der Waals surface area contributed by atoms with Gasteiger partial charge >= 0.3 is 0 Å². The molecule has 1 aromatic carbocycles. The Bertz CT molecular complexity index is 742. The second-order valence-electron chi connectivity index (χ2n) is 5.28.